The van der Waals surface area contributed by atoms with E-state index in [2.05, 4.69) is 13.8 Å². The molecule has 0 radical (unpaired) electrons. The van der Waals surface area contributed by atoms with Crippen LogP contribution in [0.2, 0.25) is 0 Å². The minimum absolute atomic E-state index is 0.0127. The van der Waals surface area contributed by atoms with Crippen LogP contribution in [-0.2, 0) is 28.5 Å². The van der Waals surface area contributed by atoms with E-state index in [1.807, 2.05) is 0 Å². The molecule has 0 saturated carbocycles. The Morgan fingerprint density at radius 3 is 2.65 bits per heavy atom. The Kier molecular flexibility index (Phi) is 3.99. The number of methoxy groups -OCH3 is 1. The lowest BCUT2D eigenvalue weighted by Gasteiger charge is -2.34. The second-order valence-corrected chi connectivity index (χ2v) is 8.02. The summed E-state index contributed by atoms with van der Waals surface area (Å²) in [6, 6.07) is 0. The van der Waals surface area contributed by atoms with E-state index in [9.17, 15) is 9.59 Å². The molecule has 1 unspecified atom stereocenters. The van der Waals surface area contributed by atoms with Crippen molar-refractivity contribution < 1.29 is 28.5 Å². The Morgan fingerprint density at radius 1 is 1.23 bits per heavy atom. The third kappa shape index (κ3) is 2.50. The maximum atomic E-state index is 12.5. The fraction of sp³-hybridized carbons (Fsp3) is 0.600. The van der Waals surface area contributed by atoms with Gasteiger partial charge < -0.3 is 18.9 Å². The maximum Gasteiger partial charge on any atom is 0.338 e. The zero-order valence-corrected chi connectivity index (χ0v) is 15.5. The van der Waals surface area contributed by atoms with Crippen LogP contribution in [-0.4, -0.2) is 37.5 Å². The average Bonchev–Trinajstić information content (AvgIpc) is 3.16. The van der Waals surface area contributed by atoms with Gasteiger partial charge in [0.25, 0.3) is 6.29 Å². The van der Waals surface area contributed by atoms with Crippen LogP contribution in [0.1, 0.15) is 40.0 Å². The molecule has 4 rings (SSSR count). The van der Waals surface area contributed by atoms with Gasteiger partial charge in [-0.05, 0) is 42.7 Å². The number of esters is 2. The van der Waals surface area contributed by atoms with Gasteiger partial charge in [-0.25, -0.2) is 9.59 Å². The summed E-state index contributed by atoms with van der Waals surface area (Å²) in [5, 5.41) is 0. The number of rotatable bonds is 3. The molecule has 2 aliphatic carbocycles. The molecule has 140 valence electrons. The summed E-state index contributed by atoms with van der Waals surface area (Å²) in [5.74, 6) is -1.01. The number of hydrogen-bond acceptors (Lipinski definition) is 6. The first-order valence-electron chi connectivity index (χ1n) is 9.05. The quantitative estimate of drug-likeness (QED) is 0.334. The molecule has 6 nitrogen and oxygen atoms in total. The van der Waals surface area contributed by atoms with Gasteiger partial charge in [-0.2, -0.15) is 0 Å². The molecule has 1 saturated heterocycles. The van der Waals surface area contributed by atoms with Gasteiger partial charge in [-0.15, -0.1) is 0 Å². The van der Waals surface area contributed by atoms with E-state index in [0.717, 1.165) is 19.3 Å². The second-order valence-electron chi connectivity index (χ2n) is 8.02. The molecule has 0 aromatic heterocycles. The molecule has 6 heteroatoms. The molecule has 0 aromatic carbocycles. The van der Waals surface area contributed by atoms with Gasteiger partial charge in [0.15, 0.2) is 0 Å². The largest absolute Gasteiger partial charge is 0.458 e. The summed E-state index contributed by atoms with van der Waals surface area (Å²) in [4.78, 5) is 24.0. The van der Waals surface area contributed by atoms with Crippen LogP contribution in [0.15, 0.2) is 34.6 Å². The molecule has 0 spiro atoms. The Morgan fingerprint density at radius 2 is 2.00 bits per heavy atom. The van der Waals surface area contributed by atoms with Crippen LogP contribution in [0.5, 0.6) is 0 Å². The zero-order chi connectivity index (χ0) is 18.6. The molecule has 4 atom stereocenters. The summed E-state index contributed by atoms with van der Waals surface area (Å²) < 4.78 is 22.1. The van der Waals surface area contributed by atoms with Crippen molar-refractivity contribution in [1.82, 2.24) is 0 Å². The molecule has 0 bridgehead atoms. The number of hydrogen-bond donors (Lipinski definition) is 0. The Bertz CT molecular complexity index is 756. The molecule has 0 aromatic rings. The van der Waals surface area contributed by atoms with E-state index < -0.39 is 12.3 Å². The molecule has 26 heavy (non-hydrogen) atoms. The third-order valence-electron chi connectivity index (χ3n) is 5.95. The van der Waals surface area contributed by atoms with Crippen LogP contribution >= 0.6 is 0 Å². The predicted molar refractivity (Wildman–Crippen MR) is 91.6 cm³/mol. The van der Waals surface area contributed by atoms with Crippen molar-refractivity contribution in [3.05, 3.63) is 34.6 Å². The Hall–Kier alpha value is -2.08. The van der Waals surface area contributed by atoms with Gasteiger partial charge >= 0.3 is 11.9 Å². The first-order chi connectivity index (χ1) is 12.3. The minimum Gasteiger partial charge on any atom is -0.458 e. The topological polar surface area (TPSA) is 71.1 Å². The van der Waals surface area contributed by atoms with Crippen molar-refractivity contribution in [1.29, 1.82) is 0 Å². The van der Waals surface area contributed by atoms with E-state index in [-0.39, 0.29) is 29.5 Å². The second kappa shape index (κ2) is 5.98. The number of carbonyl (C=O) groups is 2. The minimum atomic E-state index is -0.803. The molecule has 1 fully saturated rings. The van der Waals surface area contributed by atoms with E-state index in [4.69, 9.17) is 18.9 Å². The van der Waals surface area contributed by atoms with Gasteiger partial charge in [-0.1, -0.05) is 13.8 Å². The highest BCUT2D eigenvalue weighted by atomic mass is 16.7. The smallest absolute Gasteiger partial charge is 0.338 e. The number of ether oxygens (including phenoxy) is 4. The lowest BCUT2D eigenvalue weighted by Crippen LogP contribution is -2.28. The van der Waals surface area contributed by atoms with Crippen molar-refractivity contribution in [2.24, 2.45) is 11.3 Å². The van der Waals surface area contributed by atoms with Crippen LogP contribution in [0.3, 0.4) is 0 Å². The first kappa shape index (κ1) is 17.3. The van der Waals surface area contributed by atoms with Crippen molar-refractivity contribution in [3.8, 4) is 0 Å². The van der Waals surface area contributed by atoms with E-state index in [1.54, 1.807) is 20.1 Å². The third-order valence-corrected chi connectivity index (χ3v) is 5.95. The Balaban J connectivity index is 1.63. The first-order valence-corrected chi connectivity index (χ1v) is 9.05. The van der Waals surface area contributed by atoms with Gasteiger partial charge in [0.05, 0.1) is 23.9 Å². The number of cyclic esters (lactones) is 1. The zero-order valence-electron chi connectivity index (χ0n) is 15.5. The SMILES string of the molecule is COC1C2=C([C@H]3OC(=O)/C(=C/O[C@H]4C=C(C)C(=O)O4)[C@@H]13)C(C)(C)CCC2. The van der Waals surface area contributed by atoms with Crippen molar-refractivity contribution in [2.45, 2.75) is 58.5 Å². The average molecular weight is 360 g/mol. The van der Waals surface area contributed by atoms with Gasteiger partial charge in [0.2, 0.25) is 0 Å². The van der Waals surface area contributed by atoms with E-state index in [1.165, 1.54) is 17.4 Å². The van der Waals surface area contributed by atoms with E-state index in [0.29, 0.717) is 11.1 Å². The lowest BCUT2D eigenvalue weighted by atomic mass is 9.72. The monoisotopic (exact) mass is 360 g/mol. The lowest BCUT2D eigenvalue weighted by molar-refractivity contribution is -0.152. The maximum absolute atomic E-state index is 12.5. The summed E-state index contributed by atoms with van der Waals surface area (Å²) in [5.41, 5.74) is 3.40. The molecule has 2 aliphatic heterocycles. The highest BCUT2D eigenvalue weighted by molar-refractivity contribution is 5.93. The standard InChI is InChI=1S/C20H24O6/c1-10-8-13(25-18(10)21)24-9-12-14-16(23-4)11-6-5-7-20(2,3)15(11)17(14)26-19(12)22/h8-9,13-14,16-17H,5-7H2,1-4H3/b12-9+/t13-,14+,16?,17+/m1/s1. The number of fused-ring (bicyclic) bond motifs is 2. The van der Waals surface area contributed by atoms with Crippen LogP contribution in [0, 0.1) is 11.3 Å². The normalized spacial score (nSPS) is 36.6. The molecular formula is C20H24O6. The van der Waals surface area contributed by atoms with Crippen LogP contribution in [0.25, 0.3) is 0 Å². The molecular weight excluding hydrogens is 336 g/mol. The molecule has 2 heterocycles. The van der Waals surface area contributed by atoms with Gasteiger partial charge in [0.1, 0.15) is 6.10 Å². The van der Waals surface area contributed by atoms with Crippen molar-refractivity contribution in [3.63, 3.8) is 0 Å². The fourth-order valence-corrected chi connectivity index (χ4v) is 4.75. The van der Waals surface area contributed by atoms with Gasteiger partial charge in [-0.3, -0.25) is 0 Å². The molecule has 0 amide bonds. The summed E-state index contributed by atoms with van der Waals surface area (Å²) in [6.07, 6.45) is 4.84. The Labute approximate surface area is 152 Å². The number of carbonyl (C=O) groups excluding carboxylic acids is 2. The van der Waals surface area contributed by atoms with Crippen LogP contribution in [0.4, 0.5) is 0 Å². The fourth-order valence-electron chi connectivity index (χ4n) is 4.75. The van der Waals surface area contributed by atoms with Crippen molar-refractivity contribution >= 4 is 11.9 Å². The molecule has 4 aliphatic rings. The van der Waals surface area contributed by atoms with E-state index >= 15 is 0 Å². The molecule has 0 N–H and O–H groups in total. The van der Waals surface area contributed by atoms with Gasteiger partial charge in [0, 0.05) is 18.8 Å². The summed E-state index contributed by atoms with van der Waals surface area (Å²) >= 11 is 0. The predicted octanol–water partition coefficient (Wildman–Crippen LogP) is 2.79. The summed E-state index contributed by atoms with van der Waals surface area (Å²) in [7, 11) is 1.67. The highest BCUT2D eigenvalue weighted by Gasteiger charge is 2.57. The van der Waals surface area contributed by atoms with Crippen LogP contribution < -0.4 is 0 Å². The van der Waals surface area contributed by atoms with Crippen molar-refractivity contribution in [2.75, 3.05) is 7.11 Å². The summed E-state index contributed by atoms with van der Waals surface area (Å²) in [6.45, 7) is 6.07. The highest BCUT2D eigenvalue weighted by Crippen LogP contribution is 2.55.